The smallest absolute Gasteiger partial charge is 0.242 e. The molecule has 1 aliphatic heterocycles. The van der Waals surface area contributed by atoms with Crippen molar-refractivity contribution in [1.29, 1.82) is 0 Å². The van der Waals surface area contributed by atoms with Crippen LogP contribution in [0.15, 0.2) is 45.0 Å². The summed E-state index contributed by atoms with van der Waals surface area (Å²) in [7, 11) is -3.57. The predicted octanol–water partition coefficient (Wildman–Crippen LogP) is 1.06. The van der Waals surface area contributed by atoms with Crippen molar-refractivity contribution in [2.24, 2.45) is 4.99 Å². The van der Waals surface area contributed by atoms with Crippen LogP contribution in [0.2, 0.25) is 0 Å². The van der Waals surface area contributed by atoms with E-state index in [-0.39, 0.29) is 35.4 Å². The normalized spacial score (nSPS) is 15.5. The minimum absolute atomic E-state index is 0. The molecule has 1 saturated heterocycles. The minimum Gasteiger partial charge on any atom is -0.361 e. The number of hydrogen-bond donors (Lipinski definition) is 2. The molecule has 1 fully saturated rings. The van der Waals surface area contributed by atoms with Crippen LogP contribution in [-0.2, 0) is 16.6 Å². The number of nitrogens with one attached hydrogen (secondary N) is 2. The molecule has 172 valence electrons. The molecule has 3 rings (SSSR count). The Labute approximate surface area is 200 Å². The molecule has 0 saturated carbocycles. The summed E-state index contributed by atoms with van der Waals surface area (Å²) in [5.74, 6) is 1.62. The van der Waals surface area contributed by atoms with Gasteiger partial charge in [0.15, 0.2) is 5.96 Å². The fourth-order valence-electron chi connectivity index (χ4n) is 3.20. The van der Waals surface area contributed by atoms with Gasteiger partial charge in [0.05, 0.1) is 12.2 Å². The summed E-state index contributed by atoms with van der Waals surface area (Å²) in [6, 6.07) is 5.08. The average Bonchev–Trinajstić information content (AvgIpc) is 3.16. The molecular formula is C19H30IN7O3S. The number of sulfonamides is 1. The summed E-state index contributed by atoms with van der Waals surface area (Å²) in [6.45, 7) is 9.46. The Hall–Kier alpha value is -1.77. The van der Waals surface area contributed by atoms with Crippen LogP contribution in [0.4, 0.5) is 0 Å². The van der Waals surface area contributed by atoms with Gasteiger partial charge in [-0.15, -0.1) is 24.0 Å². The van der Waals surface area contributed by atoms with Gasteiger partial charge in [-0.05, 0) is 26.0 Å². The molecule has 0 bridgehead atoms. The maximum atomic E-state index is 12.2. The highest BCUT2D eigenvalue weighted by molar-refractivity contribution is 14.0. The molecule has 0 radical (unpaired) electrons. The van der Waals surface area contributed by atoms with Crippen molar-refractivity contribution in [3.63, 3.8) is 0 Å². The van der Waals surface area contributed by atoms with Gasteiger partial charge in [0, 0.05) is 64.3 Å². The van der Waals surface area contributed by atoms with Gasteiger partial charge in [-0.3, -0.25) is 14.9 Å². The third-order valence-corrected chi connectivity index (χ3v) is 6.13. The number of aliphatic imine (C=N–C) groups is 1. The summed E-state index contributed by atoms with van der Waals surface area (Å²) in [4.78, 5) is 13.1. The molecule has 2 aromatic heterocycles. The van der Waals surface area contributed by atoms with Crippen LogP contribution in [0.5, 0.6) is 0 Å². The van der Waals surface area contributed by atoms with E-state index in [1.165, 1.54) is 12.3 Å². The second-order valence-corrected chi connectivity index (χ2v) is 8.78. The molecule has 1 aliphatic rings. The number of pyridine rings is 1. The number of nitrogens with zero attached hydrogens (tertiary/aromatic N) is 5. The van der Waals surface area contributed by atoms with Crippen LogP contribution < -0.4 is 10.0 Å². The van der Waals surface area contributed by atoms with Crippen LogP contribution >= 0.6 is 24.0 Å². The zero-order valence-corrected chi connectivity index (χ0v) is 21.0. The first-order chi connectivity index (χ1) is 14.5. The summed E-state index contributed by atoms with van der Waals surface area (Å²) in [6.07, 6.45) is 2.87. The summed E-state index contributed by atoms with van der Waals surface area (Å²) in [5, 5.41) is 7.35. The SMILES string of the molecule is CCNC(=NCCNS(=O)(=O)c1cccnc1)N1CCN(Cc2cc(C)on2)CC1.I. The molecule has 2 N–H and O–H groups in total. The monoisotopic (exact) mass is 563 g/mol. The third kappa shape index (κ3) is 7.70. The molecule has 3 heterocycles. The lowest BCUT2D eigenvalue weighted by Crippen LogP contribution is -2.52. The Morgan fingerprint density at radius 3 is 2.68 bits per heavy atom. The number of halogens is 1. The van der Waals surface area contributed by atoms with Gasteiger partial charge in [0.2, 0.25) is 10.0 Å². The molecule has 0 aromatic carbocycles. The van der Waals surface area contributed by atoms with Crippen molar-refractivity contribution in [2.75, 3.05) is 45.8 Å². The Morgan fingerprint density at radius 2 is 2.06 bits per heavy atom. The van der Waals surface area contributed by atoms with Gasteiger partial charge in [0.25, 0.3) is 0 Å². The van der Waals surface area contributed by atoms with Crippen LogP contribution in [0, 0.1) is 6.92 Å². The lowest BCUT2D eigenvalue weighted by molar-refractivity contribution is 0.169. The topological polar surface area (TPSA) is 116 Å². The van der Waals surface area contributed by atoms with Crippen molar-refractivity contribution in [3.8, 4) is 0 Å². The number of piperazine rings is 1. The Kier molecular flexibility index (Phi) is 10.1. The second-order valence-electron chi connectivity index (χ2n) is 7.01. The Bertz CT molecular complexity index is 929. The first-order valence-electron chi connectivity index (χ1n) is 10.1. The second kappa shape index (κ2) is 12.3. The number of aromatic nitrogens is 2. The molecule has 0 unspecified atom stereocenters. The molecule has 0 amide bonds. The first-order valence-corrected chi connectivity index (χ1v) is 11.5. The number of rotatable bonds is 8. The summed E-state index contributed by atoms with van der Waals surface area (Å²) < 4.78 is 32.2. The highest BCUT2D eigenvalue weighted by atomic mass is 127. The van der Waals surface area contributed by atoms with E-state index in [0.717, 1.165) is 56.7 Å². The Morgan fingerprint density at radius 1 is 1.29 bits per heavy atom. The van der Waals surface area contributed by atoms with Crippen molar-refractivity contribution in [2.45, 2.75) is 25.3 Å². The summed E-state index contributed by atoms with van der Waals surface area (Å²) in [5.41, 5.74) is 0.947. The van der Waals surface area contributed by atoms with Crippen molar-refractivity contribution < 1.29 is 12.9 Å². The van der Waals surface area contributed by atoms with E-state index >= 15 is 0 Å². The van der Waals surface area contributed by atoms with Crippen LogP contribution in [-0.4, -0.2) is 80.1 Å². The van der Waals surface area contributed by atoms with Gasteiger partial charge < -0.3 is 14.7 Å². The van der Waals surface area contributed by atoms with Crippen molar-refractivity contribution in [3.05, 3.63) is 42.0 Å². The van der Waals surface area contributed by atoms with Gasteiger partial charge in [-0.25, -0.2) is 13.1 Å². The van der Waals surface area contributed by atoms with E-state index in [2.05, 4.69) is 35.0 Å². The molecule has 31 heavy (non-hydrogen) atoms. The zero-order valence-electron chi connectivity index (χ0n) is 17.8. The minimum atomic E-state index is -3.57. The van der Waals surface area contributed by atoms with E-state index in [9.17, 15) is 8.42 Å². The van der Waals surface area contributed by atoms with Gasteiger partial charge in [0.1, 0.15) is 10.7 Å². The van der Waals surface area contributed by atoms with Gasteiger partial charge in [-0.1, -0.05) is 5.16 Å². The fraction of sp³-hybridized carbons (Fsp3) is 0.526. The predicted molar refractivity (Wildman–Crippen MR) is 129 cm³/mol. The highest BCUT2D eigenvalue weighted by Gasteiger charge is 2.20. The van der Waals surface area contributed by atoms with Gasteiger partial charge in [-0.2, -0.15) is 0 Å². The molecule has 10 nitrogen and oxygen atoms in total. The first kappa shape index (κ1) is 25.5. The number of guanidine groups is 1. The molecule has 0 atom stereocenters. The molecule has 0 aliphatic carbocycles. The van der Waals surface area contributed by atoms with Crippen molar-refractivity contribution in [1.82, 2.24) is 30.0 Å². The number of hydrogen-bond acceptors (Lipinski definition) is 7. The Balaban J connectivity index is 0.00000341. The van der Waals surface area contributed by atoms with Crippen molar-refractivity contribution >= 4 is 40.0 Å². The lowest BCUT2D eigenvalue weighted by Gasteiger charge is -2.36. The quantitative estimate of drug-likeness (QED) is 0.212. The highest BCUT2D eigenvalue weighted by Crippen LogP contribution is 2.09. The van der Waals surface area contributed by atoms with E-state index in [1.54, 1.807) is 12.3 Å². The molecule has 0 spiro atoms. The standard InChI is InChI=1S/C19H29N7O3S.HI/c1-3-21-19(22-7-8-23-30(27,28)18-5-4-6-20-14-18)26-11-9-25(10-12-26)15-17-13-16(2)29-24-17;/h4-6,13-14,23H,3,7-12,15H2,1-2H3,(H,21,22);1H. The van der Waals surface area contributed by atoms with E-state index in [1.807, 2.05) is 19.9 Å². The number of aryl methyl sites for hydroxylation is 1. The van der Waals surface area contributed by atoms with E-state index in [4.69, 9.17) is 4.52 Å². The van der Waals surface area contributed by atoms with Crippen LogP contribution in [0.1, 0.15) is 18.4 Å². The molecule has 2 aromatic rings. The lowest BCUT2D eigenvalue weighted by atomic mass is 10.3. The molecular weight excluding hydrogens is 533 g/mol. The molecule has 12 heteroatoms. The van der Waals surface area contributed by atoms with Crippen LogP contribution in [0.3, 0.4) is 0 Å². The fourth-order valence-corrected chi connectivity index (χ4v) is 4.18. The zero-order chi connectivity index (χ0) is 21.4. The largest absolute Gasteiger partial charge is 0.361 e. The maximum absolute atomic E-state index is 12.2. The van der Waals surface area contributed by atoms with E-state index in [0.29, 0.717) is 6.54 Å². The van der Waals surface area contributed by atoms with Crippen LogP contribution in [0.25, 0.3) is 0 Å². The third-order valence-electron chi connectivity index (χ3n) is 4.68. The van der Waals surface area contributed by atoms with Gasteiger partial charge >= 0.3 is 0 Å². The summed E-state index contributed by atoms with van der Waals surface area (Å²) >= 11 is 0. The maximum Gasteiger partial charge on any atom is 0.242 e. The van der Waals surface area contributed by atoms with E-state index < -0.39 is 10.0 Å². The average molecular weight is 563 g/mol.